The zero-order chi connectivity index (χ0) is 31.7. The maximum Gasteiger partial charge on any atom is 0.125 e. The Morgan fingerprint density at radius 1 is 0.786 bits per heavy atom. The summed E-state index contributed by atoms with van der Waals surface area (Å²) in [5.74, 6) is 1.12. The van der Waals surface area contributed by atoms with Crippen molar-refractivity contribution in [3.05, 3.63) is 24.6 Å². The molecule has 1 fully saturated rings. The number of rotatable bonds is 20. The van der Waals surface area contributed by atoms with E-state index in [4.69, 9.17) is 11.6 Å². The minimum Gasteiger partial charge on any atom is -0.357 e. The maximum atomic E-state index is 6.17. The summed E-state index contributed by atoms with van der Waals surface area (Å²) in [5, 5.41) is 0.778. The van der Waals surface area contributed by atoms with Crippen LogP contribution in [0.2, 0.25) is 0 Å². The standard InChI is InChI=1S/C24H44ClN3.C9H20.C3H6.C2H2/c1-3-5-7-8-9-10-12-19-27(18-11-6-4-2)22-16-20-28(21-17-22)24-15-13-14-23(25)26-24;1-3-5-7-9-8-6-4-2;1-3-2;1-2/h15,22H,3-14,16-21H2,1-2H3;3-9H2,1-2H3;3H,1H2,2H3;1-2H. The number of halogens is 1. The number of nitrogens with zero attached hydrogens (tertiary/aromatic N) is 3. The van der Waals surface area contributed by atoms with Crippen molar-refractivity contribution in [3.8, 4) is 12.8 Å². The van der Waals surface area contributed by atoms with Gasteiger partial charge < -0.3 is 9.80 Å². The predicted octanol–water partition coefficient (Wildman–Crippen LogP) is 12.2. The minimum atomic E-state index is 0.761. The highest BCUT2D eigenvalue weighted by Gasteiger charge is 2.25. The van der Waals surface area contributed by atoms with Gasteiger partial charge in [0.1, 0.15) is 11.0 Å². The zero-order valence-corrected chi connectivity index (χ0v) is 29.7. The van der Waals surface area contributed by atoms with Crippen molar-refractivity contribution in [2.45, 2.75) is 175 Å². The highest BCUT2D eigenvalue weighted by Crippen LogP contribution is 2.24. The number of aliphatic imine (C=N–C) groups is 1. The largest absolute Gasteiger partial charge is 0.357 e. The fourth-order valence-corrected chi connectivity index (χ4v) is 5.75. The van der Waals surface area contributed by atoms with Gasteiger partial charge in [-0.3, -0.25) is 0 Å². The summed E-state index contributed by atoms with van der Waals surface area (Å²) in [6.45, 7) is 19.2. The maximum absolute atomic E-state index is 6.17. The molecule has 3 nitrogen and oxygen atoms in total. The molecule has 4 heteroatoms. The first-order valence-corrected chi connectivity index (χ1v) is 18.3. The quantitative estimate of drug-likeness (QED) is 0.0780. The molecule has 0 aromatic rings. The number of piperidine rings is 1. The SMILES string of the molecule is C#C.C=CC.CCCCCCCCC.CCCCCCCCCN(CCCCC)C1CCN(C2=CCCC(Cl)=N2)CC1. The molecule has 2 aliphatic heterocycles. The molecule has 42 heavy (non-hydrogen) atoms. The lowest BCUT2D eigenvalue weighted by Crippen LogP contribution is -2.45. The van der Waals surface area contributed by atoms with Gasteiger partial charge in [0.05, 0.1) is 0 Å². The number of terminal acetylenes is 1. The number of allylic oxidation sites excluding steroid dienone is 2. The first-order valence-electron chi connectivity index (χ1n) is 17.9. The van der Waals surface area contributed by atoms with Crippen molar-refractivity contribution in [1.82, 2.24) is 9.80 Å². The fourth-order valence-electron chi connectivity index (χ4n) is 5.55. The molecule has 0 aliphatic carbocycles. The van der Waals surface area contributed by atoms with Gasteiger partial charge in [0, 0.05) is 25.6 Å². The highest BCUT2D eigenvalue weighted by atomic mass is 35.5. The second-order valence-corrected chi connectivity index (χ2v) is 12.3. The van der Waals surface area contributed by atoms with Crippen LogP contribution in [0, 0.1) is 12.8 Å². The molecule has 0 atom stereocenters. The number of likely N-dealkylation sites (tertiary alicyclic amines) is 1. The van der Waals surface area contributed by atoms with E-state index in [1.807, 2.05) is 6.92 Å². The van der Waals surface area contributed by atoms with E-state index in [0.717, 1.165) is 43.0 Å². The van der Waals surface area contributed by atoms with Gasteiger partial charge in [-0.15, -0.1) is 19.4 Å². The summed E-state index contributed by atoms with van der Waals surface area (Å²) >= 11 is 6.17. The van der Waals surface area contributed by atoms with Gasteiger partial charge >= 0.3 is 0 Å². The van der Waals surface area contributed by atoms with Crippen LogP contribution in [0.1, 0.15) is 169 Å². The Morgan fingerprint density at radius 3 is 1.60 bits per heavy atom. The normalized spacial score (nSPS) is 14.8. The van der Waals surface area contributed by atoms with E-state index in [9.17, 15) is 0 Å². The Balaban J connectivity index is 0. The second kappa shape index (κ2) is 34.3. The average Bonchev–Trinajstić information content (AvgIpc) is 3.01. The minimum absolute atomic E-state index is 0.761. The summed E-state index contributed by atoms with van der Waals surface area (Å²) < 4.78 is 0. The van der Waals surface area contributed by atoms with E-state index in [1.54, 1.807) is 6.08 Å². The first kappa shape index (κ1) is 42.9. The van der Waals surface area contributed by atoms with Crippen molar-refractivity contribution >= 4 is 16.8 Å². The lowest BCUT2D eigenvalue weighted by molar-refractivity contribution is 0.119. The highest BCUT2D eigenvalue weighted by molar-refractivity contribution is 6.65. The molecule has 0 radical (unpaired) electrons. The van der Waals surface area contributed by atoms with Gasteiger partial charge in [-0.1, -0.05) is 142 Å². The number of unbranched alkanes of at least 4 members (excludes halogenated alkanes) is 14. The monoisotopic (exact) mass is 606 g/mol. The molecule has 0 spiro atoms. The fraction of sp³-hybridized carbons (Fsp3) is 0.816. The third kappa shape index (κ3) is 25.3. The molecule has 0 unspecified atom stereocenters. The Hall–Kier alpha value is -1.24. The third-order valence-corrected chi connectivity index (χ3v) is 8.30. The Bertz CT molecular complexity index is 640. The number of hydrogen-bond acceptors (Lipinski definition) is 3. The molecular weight excluding hydrogens is 534 g/mol. The van der Waals surface area contributed by atoms with Crippen LogP contribution in [-0.2, 0) is 0 Å². The van der Waals surface area contributed by atoms with Gasteiger partial charge in [-0.2, -0.15) is 0 Å². The summed E-state index contributed by atoms with van der Waals surface area (Å²) in [6, 6.07) is 0.761. The van der Waals surface area contributed by atoms with Gasteiger partial charge in [-0.05, 0) is 58.2 Å². The lowest BCUT2D eigenvalue weighted by atomic mass is 10.0. The van der Waals surface area contributed by atoms with Gasteiger partial charge in [-0.25, -0.2) is 4.99 Å². The number of hydrogen-bond donors (Lipinski definition) is 0. The van der Waals surface area contributed by atoms with E-state index in [1.165, 1.54) is 135 Å². The predicted molar refractivity (Wildman–Crippen MR) is 194 cm³/mol. The van der Waals surface area contributed by atoms with Gasteiger partial charge in [0.2, 0.25) is 0 Å². The van der Waals surface area contributed by atoms with E-state index in [0.29, 0.717) is 0 Å². The molecule has 0 aromatic heterocycles. The van der Waals surface area contributed by atoms with Crippen LogP contribution in [0.4, 0.5) is 0 Å². The van der Waals surface area contributed by atoms with Crippen LogP contribution < -0.4 is 0 Å². The van der Waals surface area contributed by atoms with Crippen LogP contribution in [-0.4, -0.2) is 47.2 Å². The summed E-state index contributed by atoms with van der Waals surface area (Å²) in [7, 11) is 0. The molecule has 2 rings (SSSR count). The van der Waals surface area contributed by atoms with Crippen molar-refractivity contribution in [1.29, 1.82) is 0 Å². The van der Waals surface area contributed by atoms with E-state index in [2.05, 4.69) is 68.0 Å². The third-order valence-electron chi connectivity index (χ3n) is 8.02. The van der Waals surface area contributed by atoms with Gasteiger partial charge in [0.25, 0.3) is 0 Å². The molecule has 0 aromatic carbocycles. The van der Waals surface area contributed by atoms with Gasteiger partial charge in [0.15, 0.2) is 0 Å². The molecule has 1 saturated heterocycles. The topological polar surface area (TPSA) is 18.8 Å². The van der Waals surface area contributed by atoms with E-state index < -0.39 is 0 Å². The molecule has 0 saturated carbocycles. The average molecular weight is 606 g/mol. The second-order valence-electron chi connectivity index (χ2n) is 11.8. The first-order chi connectivity index (χ1) is 20.6. The molecule has 0 amide bonds. The van der Waals surface area contributed by atoms with E-state index >= 15 is 0 Å². The molecule has 0 N–H and O–H groups in total. The van der Waals surface area contributed by atoms with Crippen LogP contribution in [0.3, 0.4) is 0 Å². The van der Waals surface area contributed by atoms with E-state index in [-0.39, 0.29) is 0 Å². The Labute approximate surface area is 270 Å². The van der Waals surface area contributed by atoms with Crippen molar-refractivity contribution in [3.63, 3.8) is 0 Å². The van der Waals surface area contributed by atoms with Crippen LogP contribution >= 0.6 is 11.6 Å². The Morgan fingerprint density at radius 2 is 1.17 bits per heavy atom. The summed E-state index contributed by atoms with van der Waals surface area (Å²) in [5.41, 5.74) is 0. The summed E-state index contributed by atoms with van der Waals surface area (Å²) in [4.78, 5) is 9.86. The zero-order valence-electron chi connectivity index (χ0n) is 29.0. The van der Waals surface area contributed by atoms with Crippen LogP contribution in [0.15, 0.2) is 29.5 Å². The van der Waals surface area contributed by atoms with Crippen LogP contribution in [0.25, 0.3) is 0 Å². The van der Waals surface area contributed by atoms with Crippen molar-refractivity contribution in [2.75, 3.05) is 26.2 Å². The lowest BCUT2D eigenvalue weighted by Gasteiger charge is -2.40. The Kier molecular flexibility index (Phi) is 35.0. The molecule has 0 bridgehead atoms. The summed E-state index contributed by atoms with van der Waals surface area (Å²) in [6.07, 6.45) is 40.4. The molecule has 2 heterocycles. The molecule has 2 aliphatic rings. The smallest absolute Gasteiger partial charge is 0.125 e. The van der Waals surface area contributed by atoms with Crippen LogP contribution in [0.5, 0.6) is 0 Å². The van der Waals surface area contributed by atoms with Crippen molar-refractivity contribution in [2.24, 2.45) is 4.99 Å². The molecular formula is C38H72ClN3. The molecule has 246 valence electrons. The van der Waals surface area contributed by atoms with Crippen molar-refractivity contribution < 1.29 is 0 Å².